The van der Waals surface area contributed by atoms with E-state index in [1.165, 1.54) is 12.1 Å². The van der Waals surface area contributed by atoms with Crippen molar-refractivity contribution in [2.75, 3.05) is 0 Å². The number of hydrogen-bond acceptors (Lipinski definition) is 4. The monoisotopic (exact) mass is 417 g/mol. The number of carbonyl (C=O) groups excluding carboxylic acids is 2. The van der Waals surface area contributed by atoms with Gasteiger partial charge in [0.25, 0.3) is 5.91 Å². The fraction of sp³-hybridized carbons (Fsp3) is 0.300. The van der Waals surface area contributed by atoms with Crippen LogP contribution in [0.2, 0.25) is 0 Å². The summed E-state index contributed by atoms with van der Waals surface area (Å²) in [5, 5.41) is 8.66. The zero-order valence-corrected chi connectivity index (χ0v) is 15.8. The predicted octanol–water partition coefficient (Wildman–Crippen LogP) is 4.38. The molecular formula is C20H20BrNO4. The zero-order chi connectivity index (χ0) is 18.6. The summed E-state index contributed by atoms with van der Waals surface area (Å²) >= 11 is 3.44. The van der Waals surface area contributed by atoms with Gasteiger partial charge in [0.2, 0.25) is 0 Å². The Labute approximate surface area is 160 Å². The summed E-state index contributed by atoms with van der Waals surface area (Å²) in [7, 11) is 0. The summed E-state index contributed by atoms with van der Waals surface area (Å²) in [6.45, 7) is 0. The lowest BCUT2D eigenvalue weighted by Gasteiger charge is -2.35. The Morgan fingerprint density at radius 2 is 1.58 bits per heavy atom. The van der Waals surface area contributed by atoms with E-state index < -0.39 is 11.3 Å². The first-order chi connectivity index (χ1) is 12.5. The van der Waals surface area contributed by atoms with Crippen molar-refractivity contribution in [3.63, 3.8) is 0 Å². The lowest BCUT2D eigenvalue weighted by atomic mass is 9.69. The lowest BCUT2D eigenvalue weighted by Crippen LogP contribution is -2.41. The summed E-state index contributed by atoms with van der Waals surface area (Å²) in [5.41, 5.74) is 2.19. The number of rotatable bonds is 4. The van der Waals surface area contributed by atoms with E-state index in [4.69, 9.17) is 9.94 Å². The second-order valence-electron chi connectivity index (χ2n) is 6.50. The van der Waals surface area contributed by atoms with Crippen LogP contribution in [0.5, 0.6) is 5.75 Å². The van der Waals surface area contributed by atoms with Crippen molar-refractivity contribution in [2.24, 2.45) is 0 Å². The van der Waals surface area contributed by atoms with Gasteiger partial charge in [-0.25, -0.2) is 5.48 Å². The summed E-state index contributed by atoms with van der Waals surface area (Å²) in [6, 6.07) is 14.0. The first kappa shape index (κ1) is 18.6. The molecular weight excluding hydrogens is 398 g/mol. The molecule has 0 bridgehead atoms. The smallest absolute Gasteiger partial charge is 0.321 e. The molecule has 0 atom stereocenters. The molecule has 0 unspecified atom stereocenters. The van der Waals surface area contributed by atoms with Crippen LogP contribution in [0.3, 0.4) is 0 Å². The third kappa shape index (κ3) is 3.81. The molecule has 0 spiro atoms. The molecule has 1 fully saturated rings. The van der Waals surface area contributed by atoms with Gasteiger partial charge in [0.1, 0.15) is 5.75 Å². The second kappa shape index (κ2) is 8.01. The van der Waals surface area contributed by atoms with Gasteiger partial charge in [-0.3, -0.25) is 14.8 Å². The van der Waals surface area contributed by atoms with Crippen molar-refractivity contribution >= 4 is 27.8 Å². The van der Waals surface area contributed by atoms with Gasteiger partial charge in [-0.15, -0.1) is 0 Å². The Hall–Kier alpha value is -2.18. The number of hydroxylamine groups is 1. The van der Waals surface area contributed by atoms with Gasteiger partial charge in [-0.1, -0.05) is 47.3 Å². The molecule has 0 saturated heterocycles. The quantitative estimate of drug-likeness (QED) is 0.335. The van der Waals surface area contributed by atoms with Gasteiger partial charge in [-0.05, 0) is 54.8 Å². The number of hydrogen-bond donors (Lipinski definition) is 2. The van der Waals surface area contributed by atoms with Gasteiger partial charge >= 0.3 is 5.97 Å². The van der Waals surface area contributed by atoms with Crippen molar-refractivity contribution in [3.05, 3.63) is 64.1 Å². The van der Waals surface area contributed by atoms with E-state index in [1.807, 2.05) is 24.3 Å². The highest BCUT2D eigenvalue weighted by Crippen LogP contribution is 2.41. The third-order valence-electron chi connectivity index (χ3n) is 4.92. The number of amides is 1. The molecule has 0 aromatic heterocycles. The molecule has 136 valence electrons. The Balaban J connectivity index is 1.84. The maximum absolute atomic E-state index is 13.1. The minimum absolute atomic E-state index is 0.265. The van der Waals surface area contributed by atoms with E-state index in [-0.39, 0.29) is 11.5 Å². The van der Waals surface area contributed by atoms with Crippen LogP contribution in [-0.2, 0) is 10.2 Å². The highest BCUT2D eigenvalue weighted by atomic mass is 79.9. The molecule has 26 heavy (non-hydrogen) atoms. The summed E-state index contributed by atoms with van der Waals surface area (Å²) in [6.07, 6.45) is 4.62. The van der Waals surface area contributed by atoms with E-state index in [0.29, 0.717) is 5.75 Å². The van der Waals surface area contributed by atoms with Gasteiger partial charge in [0.05, 0.1) is 5.41 Å². The van der Waals surface area contributed by atoms with Crippen LogP contribution in [0.4, 0.5) is 0 Å². The minimum Gasteiger partial charge on any atom is -0.426 e. The van der Waals surface area contributed by atoms with Gasteiger partial charge in [0, 0.05) is 10.0 Å². The van der Waals surface area contributed by atoms with Crippen LogP contribution in [-0.4, -0.2) is 17.1 Å². The first-order valence-electron chi connectivity index (χ1n) is 8.58. The van der Waals surface area contributed by atoms with E-state index in [9.17, 15) is 9.59 Å². The highest BCUT2D eigenvalue weighted by Gasteiger charge is 2.42. The molecule has 1 aliphatic carbocycles. The molecule has 5 nitrogen and oxygen atoms in total. The van der Waals surface area contributed by atoms with Crippen molar-refractivity contribution in [1.82, 2.24) is 5.48 Å². The Morgan fingerprint density at radius 3 is 2.15 bits per heavy atom. The van der Waals surface area contributed by atoms with Gasteiger partial charge in [0.15, 0.2) is 0 Å². The fourth-order valence-corrected chi connectivity index (χ4v) is 3.74. The molecule has 0 radical (unpaired) electrons. The number of benzene rings is 2. The molecule has 2 N–H and O–H groups in total. The molecule has 1 amide bonds. The van der Waals surface area contributed by atoms with Gasteiger partial charge in [-0.2, -0.15) is 0 Å². The number of ether oxygens (including phenoxy) is 1. The first-order valence-corrected chi connectivity index (χ1v) is 9.37. The van der Waals surface area contributed by atoms with E-state index in [0.717, 1.165) is 42.1 Å². The van der Waals surface area contributed by atoms with E-state index in [2.05, 4.69) is 15.9 Å². The SMILES string of the molecule is O=C(NO)c1ccc(OC(=O)C2(c3ccc(Br)cc3)CCCCC2)cc1. The highest BCUT2D eigenvalue weighted by molar-refractivity contribution is 9.10. The molecule has 2 aromatic carbocycles. The minimum atomic E-state index is -0.639. The fourth-order valence-electron chi connectivity index (χ4n) is 3.48. The molecule has 3 rings (SSSR count). The maximum atomic E-state index is 13.1. The molecule has 2 aromatic rings. The average molecular weight is 418 g/mol. The number of halogens is 1. The standard InChI is InChI=1S/C20H20BrNO4/c21-16-8-6-15(7-9-16)20(12-2-1-3-13-20)19(24)26-17-10-4-14(5-11-17)18(23)22-25/h4-11,25H,1-3,12-13H2,(H,22,23). The molecule has 0 aliphatic heterocycles. The Kier molecular flexibility index (Phi) is 5.74. The van der Waals surface area contributed by atoms with Crippen molar-refractivity contribution in [1.29, 1.82) is 0 Å². The van der Waals surface area contributed by atoms with E-state index >= 15 is 0 Å². The van der Waals surface area contributed by atoms with Crippen LogP contribution in [0.25, 0.3) is 0 Å². The molecule has 6 heteroatoms. The van der Waals surface area contributed by atoms with Crippen molar-refractivity contribution in [3.8, 4) is 5.75 Å². The summed E-state index contributed by atoms with van der Waals surface area (Å²) < 4.78 is 6.64. The largest absolute Gasteiger partial charge is 0.426 e. The van der Waals surface area contributed by atoms with Gasteiger partial charge < -0.3 is 4.74 Å². The van der Waals surface area contributed by atoms with Crippen LogP contribution < -0.4 is 10.2 Å². The van der Waals surface area contributed by atoms with Crippen LogP contribution in [0, 0.1) is 0 Å². The zero-order valence-electron chi connectivity index (χ0n) is 14.2. The van der Waals surface area contributed by atoms with Crippen molar-refractivity contribution < 1.29 is 19.5 Å². The van der Waals surface area contributed by atoms with Crippen molar-refractivity contribution in [2.45, 2.75) is 37.5 Å². The normalized spacial score (nSPS) is 15.9. The summed E-state index contributed by atoms with van der Waals surface area (Å²) in [5.74, 6) is -0.494. The van der Waals surface area contributed by atoms with Crippen LogP contribution in [0.1, 0.15) is 48.0 Å². The summed E-state index contributed by atoms with van der Waals surface area (Å²) in [4.78, 5) is 24.5. The third-order valence-corrected chi connectivity index (χ3v) is 5.45. The maximum Gasteiger partial charge on any atom is 0.321 e. The second-order valence-corrected chi connectivity index (χ2v) is 7.42. The predicted molar refractivity (Wildman–Crippen MR) is 100 cm³/mol. The lowest BCUT2D eigenvalue weighted by molar-refractivity contribution is -0.142. The number of carbonyl (C=O) groups is 2. The number of esters is 1. The van der Waals surface area contributed by atoms with Crippen LogP contribution in [0.15, 0.2) is 53.0 Å². The Morgan fingerprint density at radius 1 is 0.962 bits per heavy atom. The van der Waals surface area contributed by atoms with E-state index in [1.54, 1.807) is 17.6 Å². The average Bonchev–Trinajstić information content (AvgIpc) is 2.69. The van der Waals surface area contributed by atoms with Crippen LogP contribution >= 0.6 is 15.9 Å². The molecule has 1 aliphatic rings. The molecule has 1 saturated carbocycles. The Bertz CT molecular complexity index is 780. The topological polar surface area (TPSA) is 75.6 Å². The number of nitrogens with one attached hydrogen (secondary N) is 1. The molecule has 0 heterocycles.